The Morgan fingerprint density at radius 1 is 1.24 bits per heavy atom. The van der Waals surface area contributed by atoms with Gasteiger partial charge in [-0.15, -0.1) is 0 Å². The Bertz CT molecular complexity index is 520. The molecule has 0 radical (unpaired) electrons. The Balaban J connectivity index is 2.90. The largest absolute Gasteiger partial charge is 0.342 e. The number of nitrogens with zero attached hydrogens (tertiary/aromatic N) is 1. The third-order valence-corrected chi connectivity index (χ3v) is 6.48. The van der Waals surface area contributed by atoms with Crippen molar-refractivity contribution in [1.82, 2.24) is 10.2 Å². The quantitative estimate of drug-likeness (QED) is 0.821. The van der Waals surface area contributed by atoms with E-state index in [1.807, 2.05) is 13.8 Å². The monoisotopic (exact) mass is 318 g/mol. The van der Waals surface area contributed by atoms with Crippen molar-refractivity contribution in [1.29, 1.82) is 0 Å². The summed E-state index contributed by atoms with van der Waals surface area (Å²) in [6.45, 7) is 10.3. The van der Waals surface area contributed by atoms with E-state index in [-0.39, 0.29) is 30.0 Å². The maximum atomic E-state index is 12.4. The van der Waals surface area contributed by atoms with Crippen LogP contribution in [0.3, 0.4) is 0 Å². The Kier molecular flexibility index (Phi) is 5.08. The van der Waals surface area contributed by atoms with E-state index in [0.29, 0.717) is 0 Å². The summed E-state index contributed by atoms with van der Waals surface area (Å²) in [5.74, 6) is -0.608. The molecule has 1 fully saturated rings. The summed E-state index contributed by atoms with van der Waals surface area (Å²) in [5.41, 5.74) is 0. The highest BCUT2D eigenvalue weighted by molar-refractivity contribution is 7.92. The fraction of sp³-hybridized carbons (Fsp3) is 0.857. The number of hydrogen-bond acceptors (Lipinski definition) is 4. The second-order valence-electron chi connectivity index (χ2n) is 6.87. The Morgan fingerprint density at radius 2 is 1.76 bits per heavy atom. The highest BCUT2D eigenvalue weighted by Gasteiger charge is 2.40. The molecule has 6 nitrogen and oxygen atoms in total. The van der Waals surface area contributed by atoms with Crippen LogP contribution in [0.2, 0.25) is 0 Å². The van der Waals surface area contributed by atoms with Crippen molar-refractivity contribution in [3.05, 3.63) is 0 Å². The number of amides is 2. The van der Waals surface area contributed by atoms with Crippen LogP contribution in [0.4, 0.5) is 0 Å². The van der Waals surface area contributed by atoms with E-state index in [1.165, 1.54) is 4.90 Å². The first kappa shape index (κ1) is 17.9. The van der Waals surface area contributed by atoms with E-state index < -0.39 is 26.7 Å². The van der Waals surface area contributed by atoms with Gasteiger partial charge >= 0.3 is 0 Å². The molecule has 1 aliphatic rings. The van der Waals surface area contributed by atoms with Gasteiger partial charge in [0.05, 0.1) is 10.5 Å². The van der Waals surface area contributed by atoms with Crippen LogP contribution in [0.25, 0.3) is 0 Å². The highest BCUT2D eigenvalue weighted by Crippen LogP contribution is 2.19. The van der Waals surface area contributed by atoms with Crippen LogP contribution in [0.1, 0.15) is 41.5 Å². The zero-order chi connectivity index (χ0) is 16.6. The minimum atomic E-state index is -3.32. The lowest BCUT2D eigenvalue weighted by molar-refractivity contribution is -0.149. The molecule has 1 heterocycles. The van der Waals surface area contributed by atoms with Crippen molar-refractivity contribution >= 4 is 21.7 Å². The molecule has 2 atom stereocenters. The molecule has 122 valence electrons. The predicted molar refractivity (Wildman–Crippen MR) is 81.5 cm³/mol. The summed E-state index contributed by atoms with van der Waals surface area (Å²) >= 11 is 0. The fourth-order valence-corrected chi connectivity index (χ4v) is 3.18. The Morgan fingerprint density at radius 3 is 2.19 bits per heavy atom. The van der Waals surface area contributed by atoms with Gasteiger partial charge in [0.25, 0.3) is 0 Å². The van der Waals surface area contributed by atoms with Gasteiger partial charge in [0.15, 0.2) is 9.84 Å². The topological polar surface area (TPSA) is 83.6 Å². The SMILES string of the molecule is CC(C)C1NC(=O)C(C)N(CCS(=O)(=O)C(C)(C)C)C1=O. The molecule has 0 saturated carbocycles. The molecule has 1 N–H and O–H groups in total. The Labute approximate surface area is 127 Å². The van der Waals surface area contributed by atoms with Crippen molar-refractivity contribution in [3.63, 3.8) is 0 Å². The normalized spacial score (nSPS) is 24.4. The number of nitrogens with one attached hydrogen (secondary N) is 1. The first-order chi connectivity index (χ1) is 9.38. The molecular formula is C14H26N2O4S. The summed E-state index contributed by atoms with van der Waals surface area (Å²) in [5, 5.41) is 2.69. The molecule has 0 bridgehead atoms. The van der Waals surface area contributed by atoms with Crippen molar-refractivity contribution in [2.24, 2.45) is 5.92 Å². The molecule has 0 aliphatic carbocycles. The molecule has 1 aliphatic heterocycles. The van der Waals surface area contributed by atoms with Gasteiger partial charge in [-0.1, -0.05) is 13.8 Å². The molecule has 2 amide bonds. The molecule has 0 aromatic heterocycles. The molecular weight excluding hydrogens is 292 g/mol. The van der Waals surface area contributed by atoms with Crippen LogP contribution in [-0.2, 0) is 19.4 Å². The van der Waals surface area contributed by atoms with Gasteiger partial charge in [0, 0.05) is 6.54 Å². The molecule has 21 heavy (non-hydrogen) atoms. The standard InChI is InChI=1S/C14H26N2O4S/c1-9(2)11-13(18)16(10(3)12(17)15-11)7-8-21(19,20)14(4,5)6/h9-11H,7-8H2,1-6H3,(H,15,17). The molecule has 0 aromatic carbocycles. The second-order valence-corrected chi connectivity index (χ2v) is 9.73. The number of rotatable bonds is 4. The number of hydrogen-bond donors (Lipinski definition) is 1. The van der Waals surface area contributed by atoms with Gasteiger partial charge < -0.3 is 10.2 Å². The van der Waals surface area contributed by atoms with E-state index in [2.05, 4.69) is 5.32 Å². The predicted octanol–water partition coefficient (Wildman–Crippen LogP) is 0.571. The Hall–Kier alpha value is -1.11. The van der Waals surface area contributed by atoms with E-state index >= 15 is 0 Å². The van der Waals surface area contributed by atoms with E-state index in [0.717, 1.165) is 0 Å². The van der Waals surface area contributed by atoms with Crippen LogP contribution >= 0.6 is 0 Å². The van der Waals surface area contributed by atoms with Crippen LogP contribution in [0, 0.1) is 5.92 Å². The molecule has 0 aromatic rings. The van der Waals surface area contributed by atoms with Crippen molar-refractivity contribution in [2.75, 3.05) is 12.3 Å². The molecule has 1 saturated heterocycles. The average Bonchev–Trinajstić information content (AvgIpc) is 2.31. The summed E-state index contributed by atoms with van der Waals surface area (Å²) < 4.78 is 23.5. The van der Waals surface area contributed by atoms with Crippen LogP contribution in [0.15, 0.2) is 0 Å². The van der Waals surface area contributed by atoms with Gasteiger partial charge in [-0.05, 0) is 33.6 Å². The number of piperazine rings is 1. The molecule has 0 spiro atoms. The number of carbonyl (C=O) groups excluding carboxylic acids is 2. The highest BCUT2D eigenvalue weighted by atomic mass is 32.2. The summed E-state index contributed by atoms with van der Waals surface area (Å²) in [4.78, 5) is 25.7. The van der Waals surface area contributed by atoms with Crippen molar-refractivity contribution < 1.29 is 18.0 Å². The lowest BCUT2D eigenvalue weighted by Crippen LogP contribution is -2.64. The van der Waals surface area contributed by atoms with Crippen LogP contribution < -0.4 is 5.32 Å². The van der Waals surface area contributed by atoms with Gasteiger partial charge in [-0.3, -0.25) is 9.59 Å². The summed E-state index contributed by atoms with van der Waals surface area (Å²) in [6, 6.07) is -1.21. The van der Waals surface area contributed by atoms with Crippen LogP contribution in [-0.4, -0.2) is 54.3 Å². The maximum Gasteiger partial charge on any atom is 0.246 e. The molecule has 1 rings (SSSR count). The third kappa shape index (κ3) is 3.75. The minimum Gasteiger partial charge on any atom is -0.342 e. The van der Waals surface area contributed by atoms with E-state index in [4.69, 9.17) is 0 Å². The van der Waals surface area contributed by atoms with Crippen molar-refractivity contribution in [2.45, 2.75) is 58.4 Å². The lowest BCUT2D eigenvalue weighted by atomic mass is 9.98. The van der Waals surface area contributed by atoms with Gasteiger partial charge in [-0.2, -0.15) is 0 Å². The smallest absolute Gasteiger partial charge is 0.246 e. The van der Waals surface area contributed by atoms with Crippen molar-refractivity contribution in [3.8, 4) is 0 Å². The summed E-state index contributed by atoms with van der Waals surface area (Å²) in [6.07, 6.45) is 0. The van der Waals surface area contributed by atoms with Gasteiger partial charge in [-0.25, -0.2) is 8.42 Å². The van der Waals surface area contributed by atoms with E-state index in [9.17, 15) is 18.0 Å². The lowest BCUT2D eigenvalue weighted by Gasteiger charge is -2.39. The zero-order valence-electron chi connectivity index (χ0n) is 13.6. The minimum absolute atomic E-state index is 0.0318. The van der Waals surface area contributed by atoms with Gasteiger partial charge in [0.2, 0.25) is 11.8 Å². The molecule has 2 unspecified atom stereocenters. The van der Waals surface area contributed by atoms with Gasteiger partial charge in [0.1, 0.15) is 12.1 Å². The first-order valence-electron chi connectivity index (χ1n) is 7.21. The zero-order valence-corrected chi connectivity index (χ0v) is 14.5. The number of carbonyl (C=O) groups is 2. The second kappa shape index (κ2) is 5.94. The fourth-order valence-electron chi connectivity index (χ4n) is 2.13. The average molecular weight is 318 g/mol. The first-order valence-corrected chi connectivity index (χ1v) is 8.87. The van der Waals surface area contributed by atoms with E-state index in [1.54, 1.807) is 27.7 Å². The molecule has 7 heteroatoms. The summed E-state index contributed by atoms with van der Waals surface area (Å²) in [7, 11) is -3.32. The van der Waals surface area contributed by atoms with Crippen LogP contribution in [0.5, 0.6) is 0 Å². The third-order valence-electron chi connectivity index (χ3n) is 3.89. The number of sulfone groups is 1. The maximum absolute atomic E-state index is 12.4.